The number of hydrogen-bond acceptors (Lipinski definition) is 0. The maximum atomic E-state index is 2.62. The van der Waals surface area contributed by atoms with E-state index in [1.165, 1.54) is 16.7 Å². The van der Waals surface area contributed by atoms with E-state index in [0.717, 1.165) is 8.61 Å². The van der Waals surface area contributed by atoms with Crippen LogP contribution in [0.3, 0.4) is 0 Å². The third-order valence-corrected chi connectivity index (χ3v) is 16.4. The van der Waals surface area contributed by atoms with Crippen LogP contribution in [0.5, 0.6) is 0 Å². The van der Waals surface area contributed by atoms with Crippen LogP contribution in [-0.2, 0) is 0 Å². The molecule has 0 unspecified atom stereocenters. The Hall–Kier alpha value is -1.31. The van der Waals surface area contributed by atoms with Crippen LogP contribution in [0.25, 0.3) is 0 Å². The summed E-state index contributed by atoms with van der Waals surface area (Å²) in [4.78, 5) is 0. The fourth-order valence-corrected chi connectivity index (χ4v) is 15.4. The van der Waals surface area contributed by atoms with Crippen molar-refractivity contribution in [1.82, 2.24) is 0 Å². The molecule has 3 rings (SSSR count). The van der Waals surface area contributed by atoms with Crippen LogP contribution in [0.1, 0.15) is 228 Å². The van der Waals surface area contributed by atoms with Crippen molar-refractivity contribution in [3.8, 4) is 0 Å². The van der Waals surface area contributed by atoms with E-state index >= 15 is 0 Å². The van der Waals surface area contributed by atoms with Gasteiger partial charge in [-0.25, -0.2) is 5.19 Å². The van der Waals surface area contributed by atoms with Crippen molar-refractivity contribution in [3.63, 3.8) is 0 Å². The van der Waals surface area contributed by atoms with Gasteiger partial charge in [-0.3, -0.25) is 0 Å². The molecule has 3 aromatic carbocycles. The normalized spacial score (nSPS) is 12.2. The van der Waals surface area contributed by atoms with E-state index in [9.17, 15) is 0 Å². The first-order valence-electron chi connectivity index (χ1n) is 19.0. The molecule has 0 aliphatic carbocycles. The molecular formula is C45H69LiSi2. The van der Waals surface area contributed by atoms with Crippen LogP contribution >= 0.6 is 0 Å². The minimum absolute atomic E-state index is 0. The minimum Gasteiger partial charge on any atom is -0.408 e. The van der Waals surface area contributed by atoms with Crippen LogP contribution in [0.15, 0.2) is 36.4 Å². The SMILES string of the molecule is CC(C)c1cc(C(C)C)c([Si-]=[Si](c2c(C(C)C)cc(C(C)C)cc2C(C)C)c2c(C(C)C)cc(C(C)C)cc2C(C)C)c(C(C)C)c1.[Li+]. The van der Waals surface area contributed by atoms with E-state index in [2.05, 4.69) is 161 Å². The minimum atomic E-state index is -1.25. The fourth-order valence-electron chi connectivity index (χ4n) is 6.96. The molecule has 0 spiro atoms. The molecule has 0 radical (unpaired) electrons. The van der Waals surface area contributed by atoms with Gasteiger partial charge in [0.2, 0.25) is 0 Å². The molecule has 0 heterocycles. The van der Waals surface area contributed by atoms with Gasteiger partial charge in [-0.1, -0.05) is 183 Å². The molecule has 258 valence electrons. The van der Waals surface area contributed by atoms with Crippen molar-refractivity contribution in [2.75, 3.05) is 0 Å². The fraction of sp³-hybridized carbons (Fsp3) is 0.600. The average Bonchev–Trinajstić information content (AvgIpc) is 2.97. The van der Waals surface area contributed by atoms with E-state index in [1.54, 1.807) is 48.9 Å². The predicted molar refractivity (Wildman–Crippen MR) is 217 cm³/mol. The standard InChI is InChI=1S/C45H69Si2.Li/c1-25(2)34-19-37(28(7)8)43(38(20-34)29(9)10)46-47(44-39(30(11)12)21-35(26(3)4)22-40(44)31(13)14)45-41(32(15)16)23-36(27(5)6)24-42(45)33(17)18;/h19-33H,1-18H3;/q-1;+1. The topological polar surface area (TPSA) is 0 Å². The second-order valence-electron chi connectivity index (χ2n) is 17.1. The van der Waals surface area contributed by atoms with E-state index in [0.29, 0.717) is 53.3 Å². The molecule has 0 fully saturated rings. The summed E-state index contributed by atoms with van der Waals surface area (Å²) in [5.74, 6) is 4.45. The first kappa shape index (κ1) is 42.9. The van der Waals surface area contributed by atoms with Gasteiger partial charge in [-0.05, 0) is 92.2 Å². The molecule has 0 saturated heterocycles. The molecule has 0 amide bonds. The zero-order valence-electron chi connectivity index (χ0n) is 34.7. The van der Waals surface area contributed by atoms with Gasteiger partial charge in [0.05, 0.1) is 0 Å². The third-order valence-electron chi connectivity index (χ3n) is 10.1. The molecule has 0 aromatic heterocycles. The van der Waals surface area contributed by atoms with E-state index in [-0.39, 0.29) is 18.9 Å². The maximum absolute atomic E-state index is 2.62. The second-order valence-corrected chi connectivity index (χ2v) is 21.9. The van der Waals surface area contributed by atoms with Gasteiger partial charge in [0.25, 0.3) is 0 Å². The summed E-state index contributed by atoms with van der Waals surface area (Å²) in [5.41, 5.74) is 14.1. The Morgan fingerprint density at radius 3 is 0.729 bits per heavy atom. The summed E-state index contributed by atoms with van der Waals surface area (Å²) < 4.78 is 0. The summed E-state index contributed by atoms with van der Waals surface area (Å²) in [6.07, 6.45) is 0. The summed E-state index contributed by atoms with van der Waals surface area (Å²) in [6.45, 7) is 43.5. The zero-order valence-corrected chi connectivity index (χ0v) is 36.7. The summed E-state index contributed by atoms with van der Waals surface area (Å²) >= 11 is 0. The second kappa shape index (κ2) is 17.8. The Kier molecular flexibility index (Phi) is 15.9. The summed E-state index contributed by atoms with van der Waals surface area (Å²) in [7, 11) is -0.484. The summed E-state index contributed by atoms with van der Waals surface area (Å²) in [5, 5.41) is 5.12. The van der Waals surface area contributed by atoms with Crippen molar-refractivity contribution in [1.29, 1.82) is 0 Å². The van der Waals surface area contributed by atoms with Crippen molar-refractivity contribution in [2.45, 2.75) is 178 Å². The molecular weight excluding hydrogens is 604 g/mol. The first-order valence-corrected chi connectivity index (χ1v) is 22.5. The van der Waals surface area contributed by atoms with Crippen LogP contribution < -0.4 is 34.4 Å². The molecule has 0 atom stereocenters. The Bertz CT molecular complexity index is 1400. The average molecular weight is 673 g/mol. The van der Waals surface area contributed by atoms with Gasteiger partial charge in [0.1, 0.15) is 0 Å². The van der Waals surface area contributed by atoms with Crippen molar-refractivity contribution >= 4 is 32.1 Å². The van der Waals surface area contributed by atoms with Gasteiger partial charge in [-0.2, -0.15) is 0 Å². The van der Waals surface area contributed by atoms with Gasteiger partial charge in [0.15, 0.2) is 0 Å². The van der Waals surface area contributed by atoms with Crippen LogP contribution in [0.4, 0.5) is 0 Å². The van der Waals surface area contributed by atoms with E-state index in [1.807, 2.05) is 0 Å². The monoisotopic (exact) mass is 673 g/mol. The molecule has 0 nitrogen and oxygen atoms in total. The van der Waals surface area contributed by atoms with Crippen molar-refractivity contribution < 1.29 is 18.9 Å². The van der Waals surface area contributed by atoms with E-state index in [4.69, 9.17) is 0 Å². The van der Waals surface area contributed by atoms with Crippen LogP contribution in [0.2, 0.25) is 0 Å². The first-order chi connectivity index (χ1) is 21.8. The maximum Gasteiger partial charge on any atom is 1.00 e. The Balaban J connectivity index is 0.00000800. The van der Waals surface area contributed by atoms with Crippen molar-refractivity contribution in [3.05, 3.63) is 86.5 Å². The largest absolute Gasteiger partial charge is 1.00 e. The Labute approximate surface area is 313 Å². The quantitative estimate of drug-likeness (QED) is 0.169. The molecule has 0 saturated carbocycles. The molecule has 0 N–H and O–H groups in total. The third kappa shape index (κ3) is 9.51. The summed E-state index contributed by atoms with van der Waals surface area (Å²) in [6, 6.07) is 15.7. The van der Waals surface area contributed by atoms with E-state index < -0.39 is 7.89 Å². The van der Waals surface area contributed by atoms with Crippen molar-refractivity contribution in [2.24, 2.45) is 0 Å². The van der Waals surface area contributed by atoms with Gasteiger partial charge >= 0.3 is 18.9 Å². The van der Waals surface area contributed by atoms with Gasteiger partial charge < -0.3 is 8.61 Å². The molecule has 3 aromatic rings. The predicted octanol–water partition coefficient (Wildman–Crippen LogP) is 8.94. The Morgan fingerprint density at radius 1 is 0.333 bits per heavy atom. The van der Waals surface area contributed by atoms with Crippen LogP contribution in [0, 0.1) is 0 Å². The Morgan fingerprint density at radius 2 is 0.542 bits per heavy atom. The van der Waals surface area contributed by atoms with Gasteiger partial charge in [-0.15, -0.1) is 7.89 Å². The zero-order chi connectivity index (χ0) is 35.7. The smallest absolute Gasteiger partial charge is 0.408 e. The van der Waals surface area contributed by atoms with Crippen LogP contribution in [-0.4, -0.2) is 16.5 Å². The molecule has 3 heteroatoms. The molecule has 0 aliphatic heterocycles. The van der Waals surface area contributed by atoms with Gasteiger partial charge in [0, 0.05) is 0 Å². The molecule has 0 bridgehead atoms. The molecule has 0 aliphatic rings. The molecule has 48 heavy (non-hydrogen) atoms. The number of hydrogen-bond donors (Lipinski definition) is 0. The number of rotatable bonds is 12. The number of benzene rings is 3.